The van der Waals surface area contributed by atoms with Gasteiger partial charge in [-0.15, -0.1) is 0 Å². The zero-order valence-electron chi connectivity index (χ0n) is 21.9. The molecule has 3 aromatic rings. The van der Waals surface area contributed by atoms with Gasteiger partial charge < -0.3 is 15.4 Å². The van der Waals surface area contributed by atoms with Crippen LogP contribution in [0.2, 0.25) is 5.02 Å². The summed E-state index contributed by atoms with van der Waals surface area (Å²) in [5.74, 6) is -4.17. The van der Waals surface area contributed by atoms with Crippen LogP contribution >= 0.6 is 11.6 Å². The Morgan fingerprint density at radius 1 is 1.12 bits per heavy atom. The number of nitrogen functional groups attached to an aromatic ring is 1. The first kappa shape index (κ1) is 28.7. The maximum absolute atomic E-state index is 16.3. The number of hydrogen-bond donors (Lipinski definition) is 1. The van der Waals surface area contributed by atoms with Gasteiger partial charge in [-0.25, -0.2) is 22.5 Å². The lowest BCUT2D eigenvalue weighted by atomic mass is 9.95. The quantitative estimate of drug-likeness (QED) is 0.340. The van der Waals surface area contributed by atoms with Crippen molar-refractivity contribution >= 4 is 34.1 Å². The summed E-state index contributed by atoms with van der Waals surface area (Å²) in [7, 11) is 0. The van der Waals surface area contributed by atoms with E-state index in [1.807, 2.05) is 4.90 Å². The highest BCUT2D eigenvalue weighted by Crippen LogP contribution is 2.45. The van der Waals surface area contributed by atoms with Crippen LogP contribution in [0, 0.1) is 11.6 Å². The molecule has 42 heavy (non-hydrogen) atoms. The summed E-state index contributed by atoms with van der Waals surface area (Å²) >= 11 is 6.33. The third-order valence-corrected chi connectivity index (χ3v) is 8.29. The minimum Gasteiger partial charge on any atom is -0.461 e. The molecule has 2 aromatic heterocycles. The number of pyridine rings is 1. The maximum atomic E-state index is 16.3. The second kappa shape index (κ2) is 10.4. The third-order valence-electron chi connectivity index (χ3n) is 7.99. The summed E-state index contributed by atoms with van der Waals surface area (Å²) in [6.45, 7) is 0.994. The molecular formula is C27H24ClF7N6O. The van der Waals surface area contributed by atoms with Crippen molar-refractivity contribution in [2.75, 3.05) is 43.4 Å². The van der Waals surface area contributed by atoms with Crippen LogP contribution in [-0.2, 0) is 6.18 Å². The molecule has 2 fully saturated rings. The molecular weight excluding hydrogens is 593 g/mol. The molecule has 0 radical (unpaired) electrons. The lowest BCUT2D eigenvalue weighted by Crippen LogP contribution is -2.43. The lowest BCUT2D eigenvalue weighted by molar-refractivity contribution is -0.139. The topological polar surface area (TPSA) is 80.4 Å². The van der Waals surface area contributed by atoms with Crippen LogP contribution in [0.3, 0.4) is 0 Å². The fourth-order valence-electron chi connectivity index (χ4n) is 6.20. The minimum absolute atomic E-state index is 0.0189. The van der Waals surface area contributed by atoms with E-state index in [9.17, 15) is 26.3 Å². The van der Waals surface area contributed by atoms with E-state index >= 15 is 4.39 Å². The van der Waals surface area contributed by atoms with Gasteiger partial charge in [0, 0.05) is 31.0 Å². The average molecular weight is 617 g/mol. The molecule has 2 atom stereocenters. The Hall–Kier alpha value is -3.39. The maximum Gasteiger partial charge on any atom is 0.421 e. The molecule has 15 heteroatoms. The molecule has 5 heterocycles. The van der Waals surface area contributed by atoms with E-state index in [0.29, 0.717) is 25.5 Å². The summed E-state index contributed by atoms with van der Waals surface area (Å²) in [5.41, 5.74) is 0.534. The standard InChI is InChI=1S/C27H24ClF7N6O/c28-16-7-15-22(21(32)19(16)23-20(27(33,34)35)17(31)8-18(36)37-23)38-25(39-24(15)40-5-1-3-13(29)10-40)42-12-26-4-2-6-41(26)11-14(30)9-26/h3,7-8,14H,1-2,4-6,9-12H2,(H2,36,37). The van der Waals surface area contributed by atoms with E-state index in [-0.39, 0.29) is 49.9 Å². The van der Waals surface area contributed by atoms with Crippen LogP contribution in [0.5, 0.6) is 6.01 Å². The molecule has 224 valence electrons. The summed E-state index contributed by atoms with van der Waals surface area (Å²) in [4.78, 5) is 15.6. The number of ether oxygens (including phenoxy) is 1. The number of fused-ring (bicyclic) bond motifs is 2. The summed E-state index contributed by atoms with van der Waals surface area (Å²) in [6.07, 6.45) is -2.88. The number of nitrogens with two attached hydrogens (primary N) is 1. The lowest BCUT2D eigenvalue weighted by Gasteiger charge is -2.31. The number of hydrogen-bond acceptors (Lipinski definition) is 7. The normalized spacial score (nSPS) is 23.0. The molecule has 2 unspecified atom stereocenters. The number of nitrogens with zero attached hydrogens (tertiary/aromatic N) is 5. The molecule has 3 aliphatic heterocycles. The first-order valence-corrected chi connectivity index (χ1v) is 13.6. The van der Waals surface area contributed by atoms with E-state index in [0.717, 1.165) is 12.5 Å². The minimum atomic E-state index is -5.27. The van der Waals surface area contributed by atoms with Gasteiger partial charge in [0.2, 0.25) is 0 Å². The third kappa shape index (κ3) is 4.97. The van der Waals surface area contributed by atoms with Crippen molar-refractivity contribution in [3.8, 4) is 17.3 Å². The van der Waals surface area contributed by atoms with E-state index in [4.69, 9.17) is 22.1 Å². The first-order chi connectivity index (χ1) is 19.9. The number of benzene rings is 1. The SMILES string of the molecule is Nc1cc(F)c(C(F)(F)F)c(-c2c(Cl)cc3c(N4CCC=C(F)C4)nc(OCC45CCCN4CC(F)C5)nc3c2F)n1. The molecule has 1 aromatic carbocycles. The highest BCUT2D eigenvalue weighted by molar-refractivity contribution is 6.34. The van der Waals surface area contributed by atoms with E-state index in [1.165, 1.54) is 11.0 Å². The second-order valence-corrected chi connectivity index (χ2v) is 11.2. The van der Waals surface area contributed by atoms with Gasteiger partial charge in [0.15, 0.2) is 5.82 Å². The molecule has 0 spiro atoms. The Morgan fingerprint density at radius 3 is 2.64 bits per heavy atom. The zero-order chi connectivity index (χ0) is 30.0. The van der Waals surface area contributed by atoms with Crippen LogP contribution in [0.4, 0.5) is 42.4 Å². The van der Waals surface area contributed by atoms with Crippen molar-refractivity contribution in [1.29, 1.82) is 0 Å². The molecule has 3 aliphatic rings. The van der Waals surface area contributed by atoms with Crippen molar-refractivity contribution in [3.05, 3.63) is 46.3 Å². The Kier molecular flexibility index (Phi) is 7.11. The Labute approximate surface area is 240 Å². The Bertz CT molecular complexity index is 1600. The monoisotopic (exact) mass is 616 g/mol. The second-order valence-electron chi connectivity index (χ2n) is 10.7. The van der Waals surface area contributed by atoms with Gasteiger partial charge in [-0.2, -0.15) is 23.1 Å². The summed E-state index contributed by atoms with van der Waals surface area (Å²) < 4.78 is 107. The van der Waals surface area contributed by atoms with Gasteiger partial charge in [0.1, 0.15) is 47.1 Å². The number of halogens is 8. The zero-order valence-corrected chi connectivity index (χ0v) is 22.7. The van der Waals surface area contributed by atoms with Crippen molar-refractivity contribution in [2.45, 2.75) is 43.6 Å². The van der Waals surface area contributed by atoms with Crippen molar-refractivity contribution < 1.29 is 35.5 Å². The van der Waals surface area contributed by atoms with Gasteiger partial charge in [-0.3, -0.25) is 4.90 Å². The summed E-state index contributed by atoms with van der Waals surface area (Å²) in [5, 5.41) is -0.582. The smallest absolute Gasteiger partial charge is 0.421 e. The molecule has 0 saturated carbocycles. The number of rotatable bonds is 5. The highest BCUT2D eigenvalue weighted by atomic mass is 35.5. The number of alkyl halides is 4. The van der Waals surface area contributed by atoms with Crippen molar-refractivity contribution in [3.63, 3.8) is 0 Å². The molecule has 0 bridgehead atoms. The molecule has 2 N–H and O–H groups in total. The van der Waals surface area contributed by atoms with Gasteiger partial charge in [-0.05, 0) is 37.9 Å². The Balaban J connectivity index is 1.51. The van der Waals surface area contributed by atoms with Crippen LogP contribution in [0.15, 0.2) is 24.0 Å². The summed E-state index contributed by atoms with van der Waals surface area (Å²) in [6, 6.07) is 1.15. The molecule has 6 rings (SSSR count). The Morgan fingerprint density at radius 2 is 1.90 bits per heavy atom. The van der Waals surface area contributed by atoms with E-state index < -0.39 is 68.5 Å². The van der Waals surface area contributed by atoms with Crippen LogP contribution < -0.4 is 15.4 Å². The fourth-order valence-corrected chi connectivity index (χ4v) is 6.48. The number of anilines is 2. The van der Waals surface area contributed by atoms with Gasteiger partial charge in [-0.1, -0.05) is 11.6 Å². The largest absolute Gasteiger partial charge is 0.461 e. The number of aromatic nitrogens is 3. The molecule has 0 amide bonds. The van der Waals surface area contributed by atoms with Crippen molar-refractivity contribution in [1.82, 2.24) is 19.9 Å². The molecule has 0 aliphatic carbocycles. The van der Waals surface area contributed by atoms with Gasteiger partial charge in [0.05, 0.1) is 28.4 Å². The van der Waals surface area contributed by atoms with E-state index in [1.54, 1.807) is 0 Å². The highest BCUT2D eigenvalue weighted by Gasteiger charge is 2.49. The van der Waals surface area contributed by atoms with Crippen LogP contribution in [-0.4, -0.2) is 64.3 Å². The fraction of sp³-hybridized carbons (Fsp3) is 0.444. The predicted molar refractivity (Wildman–Crippen MR) is 142 cm³/mol. The molecule has 7 nitrogen and oxygen atoms in total. The van der Waals surface area contributed by atoms with Gasteiger partial charge >= 0.3 is 12.2 Å². The van der Waals surface area contributed by atoms with Gasteiger partial charge in [0.25, 0.3) is 0 Å². The van der Waals surface area contributed by atoms with Crippen LogP contribution in [0.1, 0.15) is 31.2 Å². The predicted octanol–water partition coefficient (Wildman–Crippen LogP) is 6.24. The van der Waals surface area contributed by atoms with E-state index in [2.05, 4.69) is 15.0 Å². The average Bonchev–Trinajstić information content (AvgIpc) is 3.42. The van der Waals surface area contributed by atoms with Crippen LogP contribution in [0.25, 0.3) is 22.2 Å². The first-order valence-electron chi connectivity index (χ1n) is 13.2. The van der Waals surface area contributed by atoms with Crippen molar-refractivity contribution in [2.24, 2.45) is 0 Å². The molecule has 2 saturated heterocycles.